The zero-order valence-corrected chi connectivity index (χ0v) is 16.5. The summed E-state index contributed by atoms with van der Waals surface area (Å²) >= 11 is 0. The first kappa shape index (κ1) is 20.0. The Bertz CT molecular complexity index is 1050. The van der Waals surface area contributed by atoms with Crippen LogP contribution in [-0.4, -0.2) is 9.19 Å². The number of hydrogen-bond acceptors (Lipinski definition) is 2. The molecule has 4 rings (SSSR count). The first-order valence-corrected chi connectivity index (χ1v) is 10.3. The highest BCUT2D eigenvalue weighted by molar-refractivity contribution is 7.86. The molecule has 1 heterocycles. The highest BCUT2D eigenvalue weighted by Crippen LogP contribution is 2.44. The molecular weight excluding hydrogens is 407 g/mol. The number of pyridine rings is 1. The highest BCUT2D eigenvalue weighted by Gasteiger charge is 2.44. The number of aromatic nitrogens is 1. The second-order valence-corrected chi connectivity index (χ2v) is 8.21. The highest BCUT2D eigenvalue weighted by atomic mass is 32.2. The zero-order chi connectivity index (χ0) is 21.1. The van der Waals surface area contributed by atoms with E-state index in [1.165, 1.54) is 79.0 Å². The predicted molar refractivity (Wildman–Crippen MR) is 110 cm³/mol. The maximum absolute atomic E-state index is 14.1. The van der Waals surface area contributed by atoms with E-state index in [4.69, 9.17) is 0 Å². The van der Waals surface area contributed by atoms with Gasteiger partial charge in [-0.25, -0.2) is 18.2 Å². The molecule has 0 N–H and O–H groups in total. The van der Waals surface area contributed by atoms with Gasteiger partial charge in [-0.15, -0.1) is 0 Å². The third-order valence-electron chi connectivity index (χ3n) is 4.86. The molecular formula is C24H16F3NOS. The molecule has 0 amide bonds. The minimum Gasteiger partial charge on any atom is -0.251 e. The molecule has 6 heteroatoms. The molecule has 0 radical (unpaired) electrons. The third kappa shape index (κ3) is 3.55. The summed E-state index contributed by atoms with van der Waals surface area (Å²) in [5.41, 5.74) is 1.52. The molecule has 0 fully saturated rings. The van der Waals surface area contributed by atoms with E-state index >= 15 is 0 Å². The SMILES string of the molecule is O=S(c1ccccn1)C(c1ccc(F)cc1)(c1ccc(F)cc1)c1ccc(F)cc1. The Morgan fingerprint density at radius 1 is 0.600 bits per heavy atom. The van der Waals surface area contributed by atoms with Crippen LogP contribution in [0.1, 0.15) is 16.7 Å². The molecule has 0 bridgehead atoms. The Labute approximate surface area is 174 Å². The van der Waals surface area contributed by atoms with Crippen molar-refractivity contribution >= 4 is 10.8 Å². The van der Waals surface area contributed by atoms with Crippen LogP contribution in [0.5, 0.6) is 0 Å². The van der Waals surface area contributed by atoms with Crippen molar-refractivity contribution in [1.29, 1.82) is 0 Å². The Balaban J connectivity index is 2.09. The molecule has 2 nitrogen and oxygen atoms in total. The van der Waals surface area contributed by atoms with Crippen LogP contribution in [0.2, 0.25) is 0 Å². The lowest BCUT2D eigenvalue weighted by Gasteiger charge is -2.34. The number of rotatable bonds is 5. The minimum absolute atomic E-state index is 0.287. The summed E-state index contributed by atoms with van der Waals surface area (Å²) in [4.78, 5) is 4.25. The van der Waals surface area contributed by atoms with E-state index in [9.17, 15) is 17.4 Å². The van der Waals surface area contributed by atoms with Crippen molar-refractivity contribution in [1.82, 2.24) is 4.98 Å². The van der Waals surface area contributed by atoms with E-state index in [1.807, 2.05) is 0 Å². The van der Waals surface area contributed by atoms with E-state index < -0.39 is 33.0 Å². The van der Waals surface area contributed by atoms with E-state index in [1.54, 1.807) is 18.2 Å². The fourth-order valence-corrected chi connectivity index (χ4v) is 5.21. The standard InChI is InChI=1S/C24H16F3NOS/c25-20-10-4-17(5-11-20)24(18-6-12-21(26)13-7-18,19-8-14-22(27)15-9-19)30(29)23-3-1-2-16-28-23/h1-16H. The van der Waals surface area contributed by atoms with Crippen molar-refractivity contribution in [2.45, 2.75) is 9.77 Å². The zero-order valence-electron chi connectivity index (χ0n) is 15.6. The number of nitrogens with zero attached hydrogens (tertiary/aromatic N) is 1. The van der Waals surface area contributed by atoms with Gasteiger partial charge in [-0.05, 0) is 65.2 Å². The monoisotopic (exact) mass is 423 g/mol. The Hall–Kier alpha value is -3.25. The van der Waals surface area contributed by atoms with Crippen molar-refractivity contribution in [2.75, 3.05) is 0 Å². The molecule has 4 aromatic rings. The van der Waals surface area contributed by atoms with Gasteiger partial charge in [0.2, 0.25) is 0 Å². The predicted octanol–water partition coefficient (Wildman–Crippen LogP) is 5.60. The van der Waals surface area contributed by atoms with Gasteiger partial charge >= 0.3 is 0 Å². The largest absolute Gasteiger partial charge is 0.251 e. The van der Waals surface area contributed by atoms with Crippen molar-refractivity contribution < 1.29 is 17.4 Å². The molecule has 0 aliphatic rings. The third-order valence-corrected chi connectivity index (χ3v) is 6.74. The van der Waals surface area contributed by atoms with E-state index in [-0.39, 0.29) is 5.03 Å². The summed E-state index contributed by atoms with van der Waals surface area (Å²) in [6, 6.07) is 21.9. The minimum atomic E-state index is -1.83. The maximum Gasteiger partial charge on any atom is 0.128 e. The summed E-state index contributed by atoms with van der Waals surface area (Å²) in [7, 11) is -1.83. The van der Waals surface area contributed by atoms with Crippen LogP contribution in [0.25, 0.3) is 0 Å². The summed E-state index contributed by atoms with van der Waals surface area (Å²) < 4.78 is 53.9. The molecule has 150 valence electrons. The van der Waals surface area contributed by atoms with Gasteiger partial charge < -0.3 is 0 Å². The van der Waals surface area contributed by atoms with Crippen molar-refractivity contribution in [3.8, 4) is 0 Å². The summed E-state index contributed by atoms with van der Waals surface area (Å²) in [5.74, 6) is -1.35. The van der Waals surface area contributed by atoms with Crippen LogP contribution in [0, 0.1) is 17.5 Å². The van der Waals surface area contributed by atoms with Crippen molar-refractivity contribution in [3.05, 3.63) is 131 Å². The molecule has 0 saturated carbocycles. The second kappa shape index (κ2) is 8.24. The Morgan fingerprint density at radius 2 is 1.00 bits per heavy atom. The first-order valence-electron chi connectivity index (χ1n) is 9.13. The molecule has 1 unspecified atom stereocenters. The van der Waals surface area contributed by atoms with Crippen LogP contribution in [0.15, 0.2) is 102 Å². The normalized spacial score (nSPS) is 12.5. The van der Waals surface area contributed by atoms with Crippen LogP contribution < -0.4 is 0 Å². The number of benzene rings is 3. The van der Waals surface area contributed by atoms with E-state index in [2.05, 4.69) is 4.98 Å². The van der Waals surface area contributed by atoms with Crippen molar-refractivity contribution in [2.24, 2.45) is 0 Å². The smallest absolute Gasteiger partial charge is 0.128 e. The van der Waals surface area contributed by atoms with Gasteiger partial charge in [-0.1, -0.05) is 42.5 Å². The fourth-order valence-electron chi connectivity index (χ4n) is 3.49. The van der Waals surface area contributed by atoms with Crippen molar-refractivity contribution in [3.63, 3.8) is 0 Å². The molecule has 0 aliphatic carbocycles. The fraction of sp³-hybridized carbons (Fsp3) is 0.0417. The summed E-state index contributed by atoms with van der Waals surface area (Å²) in [6.07, 6.45) is 1.53. The van der Waals surface area contributed by atoms with Crippen LogP contribution in [0.3, 0.4) is 0 Å². The van der Waals surface area contributed by atoms with Gasteiger partial charge in [-0.2, -0.15) is 0 Å². The van der Waals surface area contributed by atoms with Gasteiger partial charge in [-0.3, -0.25) is 4.21 Å². The van der Waals surface area contributed by atoms with Gasteiger partial charge in [0.25, 0.3) is 0 Å². The summed E-state index contributed by atoms with van der Waals surface area (Å²) in [5, 5.41) is 0.287. The lowest BCUT2D eigenvalue weighted by Crippen LogP contribution is -2.35. The molecule has 30 heavy (non-hydrogen) atoms. The van der Waals surface area contributed by atoms with Crippen LogP contribution in [-0.2, 0) is 15.5 Å². The van der Waals surface area contributed by atoms with Crippen LogP contribution in [0.4, 0.5) is 13.2 Å². The molecule has 1 atom stereocenters. The van der Waals surface area contributed by atoms with Gasteiger partial charge in [0.1, 0.15) is 27.2 Å². The summed E-state index contributed by atoms with van der Waals surface area (Å²) in [6.45, 7) is 0. The quantitative estimate of drug-likeness (QED) is 0.391. The lowest BCUT2D eigenvalue weighted by atomic mass is 9.84. The lowest BCUT2D eigenvalue weighted by molar-refractivity contribution is 0.620. The van der Waals surface area contributed by atoms with Gasteiger partial charge in [0.05, 0.1) is 10.8 Å². The molecule has 3 aromatic carbocycles. The van der Waals surface area contributed by atoms with Crippen LogP contribution >= 0.6 is 0 Å². The molecule has 0 aliphatic heterocycles. The number of halogens is 3. The van der Waals surface area contributed by atoms with Gasteiger partial charge in [0.15, 0.2) is 0 Å². The van der Waals surface area contributed by atoms with E-state index in [0.29, 0.717) is 16.7 Å². The first-order chi connectivity index (χ1) is 14.5. The van der Waals surface area contributed by atoms with E-state index in [0.717, 1.165) is 0 Å². The Morgan fingerprint density at radius 3 is 1.33 bits per heavy atom. The average Bonchev–Trinajstić information content (AvgIpc) is 2.78. The molecule has 1 aromatic heterocycles. The second-order valence-electron chi connectivity index (χ2n) is 6.64. The molecule has 0 saturated heterocycles. The maximum atomic E-state index is 14.1. The number of hydrogen-bond donors (Lipinski definition) is 0. The average molecular weight is 423 g/mol. The molecule has 0 spiro atoms. The Kier molecular flexibility index (Phi) is 5.50. The topological polar surface area (TPSA) is 30.0 Å². The van der Waals surface area contributed by atoms with Gasteiger partial charge in [0, 0.05) is 6.20 Å².